The summed E-state index contributed by atoms with van der Waals surface area (Å²) in [5.74, 6) is 0.453. The van der Waals surface area contributed by atoms with E-state index in [9.17, 15) is 4.79 Å². The van der Waals surface area contributed by atoms with E-state index in [1.807, 2.05) is 26.0 Å². The van der Waals surface area contributed by atoms with Gasteiger partial charge in [-0.1, -0.05) is 33.8 Å². The molecular weight excluding hydrogens is 210 g/mol. The number of benzene rings is 1. The molecule has 2 aromatic rings. The van der Waals surface area contributed by atoms with Gasteiger partial charge in [0.2, 0.25) is 0 Å². The van der Waals surface area contributed by atoms with Gasteiger partial charge in [-0.25, -0.2) is 0 Å². The number of pyridine rings is 1. The summed E-state index contributed by atoms with van der Waals surface area (Å²) < 4.78 is 0. The highest BCUT2D eigenvalue weighted by molar-refractivity contribution is 5.83. The maximum Gasteiger partial charge on any atom is 0.255 e. The van der Waals surface area contributed by atoms with Crippen molar-refractivity contribution in [3.05, 3.63) is 45.9 Å². The molecule has 0 amide bonds. The summed E-state index contributed by atoms with van der Waals surface area (Å²) in [7, 11) is 0. The van der Waals surface area contributed by atoms with Crippen LogP contribution in [0.25, 0.3) is 10.8 Å². The van der Waals surface area contributed by atoms with Crippen molar-refractivity contribution in [1.29, 1.82) is 0 Å². The fourth-order valence-electron chi connectivity index (χ4n) is 1.99. The van der Waals surface area contributed by atoms with Crippen LogP contribution in [0.5, 0.6) is 0 Å². The van der Waals surface area contributed by atoms with E-state index < -0.39 is 0 Å². The van der Waals surface area contributed by atoms with Gasteiger partial charge in [0.25, 0.3) is 5.56 Å². The summed E-state index contributed by atoms with van der Waals surface area (Å²) in [4.78, 5) is 14.3. The lowest BCUT2D eigenvalue weighted by Gasteiger charge is -2.10. The van der Waals surface area contributed by atoms with Crippen molar-refractivity contribution in [2.45, 2.75) is 40.5 Å². The van der Waals surface area contributed by atoms with Gasteiger partial charge in [-0.3, -0.25) is 4.79 Å². The molecule has 0 saturated carbocycles. The number of hydrogen-bond donors (Lipinski definition) is 1. The Morgan fingerprint density at radius 2 is 1.82 bits per heavy atom. The zero-order valence-electron chi connectivity index (χ0n) is 11.3. The van der Waals surface area contributed by atoms with E-state index in [4.69, 9.17) is 0 Å². The second kappa shape index (κ2) is 5.67. The van der Waals surface area contributed by atoms with Crippen molar-refractivity contribution >= 4 is 10.8 Å². The van der Waals surface area contributed by atoms with Crippen LogP contribution in [0, 0.1) is 6.92 Å². The summed E-state index contributed by atoms with van der Waals surface area (Å²) in [5.41, 5.74) is 2.50. The van der Waals surface area contributed by atoms with Crippen molar-refractivity contribution in [2.24, 2.45) is 0 Å². The van der Waals surface area contributed by atoms with Crippen molar-refractivity contribution in [1.82, 2.24) is 4.98 Å². The predicted molar refractivity (Wildman–Crippen MR) is 74.7 cm³/mol. The van der Waals surface area contributed by atoms with Gasteiger partial charge in [-0.15, -0.1) is 0 Å². The third-order valence-corrected chi connectivity index (χ3v) is 2.78. The van der Waals surface area contributed by atoms with Crippen molar-refractivity contribution in [3.63, 3.8) is 0 Å². The standard InChI is InChI=1S/C13H15NO.C2H6/c1-8(2)11-7-12-10(6-9(11)3)4-5-14-13(12)15;1-2/h4-8H,1-3H3,(H,14,15);1-2H3. The Bertz CT molecular complexity index is 552. The molecule has 2 nitrogen and oxygen atoms in total. The molecule has 0 bridgehead atoms. The first kappa shape index (κ1) is 13.5. The van der Waals surface area contributed by atoms with Gasteiger partial charge >= 0.3 is 0 Å². The Labute approximate surface area is 103 Å². The topological polar surface area (TPSA) is 32.9 Å². The minimum Gasteiger partial charge on any atom is -0.329 e. The van der Waals surface area contributed by atoms with Crippen LogP contribution in [-0.4, -0.2) is 4.98 Å². The van der Waals surface area contributed by atoms with Gasteiger partial charge < -0.3 is 4.98 Å². The van der Waals surface area contributed by atoms with Crippen LogP contribution < -0.4 is 5.56 Å². The number of rotatable bonds is 1. The molecule has 2 heteroatoms. The van der Waals surface area contributed by atoms with Gasteiger partial charge in [-0.05, 0) is 41.5 Å². The largest absolute Gasteiger partial charge is 0.329 e. The number of aryl methyl sites for hydroxylation is 1. The molecule has 92 valence electrons. The van der Waals surface area contributed by atoms with Crippen molar-refractivity contribution in [2.75, 3.05) is 0 Å². The Morgan fingerprint density at radius 3 is 2.41 bits per heavy atom. The number of aromatic amines is 1. The lowest BCUT2D eigenvalue weighted by molar-refractivity contribution is 0.858. The first-order valence-electron chi connectivity index (χ1n) is 6.21. The fraction of sp³-hybridized carbons (Fsp3) is 0.400. The number of fused-ring (bicyclic) bond motifs is 1. The molecule has 0 aliphatic rings. The molecule has 1 aromatic heterocycles. The molecule has 0 radical (unpaired) electrons. The molecule has 0 aliphatic carbocycles. The molecule has 0 aliphatic heterocycles. The molecule has 0 atom stereocenters. The minimum atomic E-state index is -0.00519. The first-order chi connectivity index (χ1) is 8.09. The summed E-state index contributed by atoms with van der Waals surface area (Å²) in [6, 6.07) is 6.03. The van der Waals surface area contributed by atoms with Crippen molar-refractivity contribution < 1.29 is 0 Å². The summed E-state index contributed by atoms with van der Waals surface area (Å²) in [6.45, 7) is 10.4. The molecule has 1 heterocycles. The Hall–Kier alpha value is -1.57. The molecule has 1 N–H and O–H groups in total. The molecule has 0 fully saturated rings. The maximum atomic E-state index is 11.6. The molecule has 0 saturated heterocycles. The third kappa shape index (κ3) is 2.76. The van der Waals surface area contributed by atoms with E-state index in [-0.39, 0.29) is 5.56 Å². The number of H-pyrrole nitrogens is 1. The molecule has 0 spiro atoms. The average Bonchev–Trinajstić information content (AvgIpc) is 2.31. The molecule has 0 unspecified atom stereocenters. The van der Waals surface area contributed by atoms with Gasteiger partial charge in [0.1, 0.15) is 0 Å². The van der Waals surface area contributed by atoms with Crippen LogP contribution in [0.3, 0.4) is 0 Å². The van der Waals surface area contributed by atoms with E-state index in [1.54, 1.807) is 6.20 Å². The Morgan fingerprint density at radius 1 is 1.18 bits per heavy atom. The molecule has 2 rings (SSSR count). The van der Waals surface area contributed by atoms with Gasteiger partial charge in [0.05, 0.1) is 0 Å². The second-order valence-corrected chi connectivity index (χ2v) is 4.26. The molecule has 1 aromatic carbocycles. The lowest BCUT2D eigenvalue weighted by atomic mass is 9.95. The van der Waals surface area contributed by atoms with E-state index in [0.29, 0.717) is 5.92 Å². The maximum absolute atomic E-state index is 11.6. The third-order valence-electron chi connectivity index (χ3n) is 2.78. The summed E-state index contributed by atoms with van der Waals surface area (Å²) >= 11 is 0. The first-order valence-corrected chi connectivity index (χ1v) is 6.21. The highest BCUT2D eigenvalue weighted by Crippen LogP contribution is 2.23. The summed E-state index contributed by atoms with van der Waals surface area (Å²) in [5, 5.41) is 1.80. The number of aromatic nitrogens is 1. The zero-order valence-corrected chi connectivity index (χ0v) is 11.3. The van der Waals surface area contributed by atoms with Gasteiger partial charge in [-0.2, -0.15) is 0 Å². The van der Waals surface area contributed by atoms with E-state index >= 15 is 0 Å². The molecule has 17 heavy (non-hydrogen) atoms. The molecular formula is C15H21NO. The second-order valence-electron chi connectivity index (χ2n) is 4.26. The van der Waals surface area contributed by atoms with E-state index in [0.717, 1.165) is 10.8 Å². The van der Waals surface area contributed by atoms with Crippen molar-refractivity contribution in [3.8, 4) is 0 Å². The van der Waals surface area contributed by atoms with Crippen LogP contribution in [0.2, 0.25) is 0 Å². The monoisotopic (exact) mass is 231 g/mol. The van der Waals surface area contributed by atoms with Crippen LogP contribution >= 0.6 is 0 Å². The average molecular weight is 231 g/mol. The zero-order chi connectivity index (χ0) is 13.0. The van der Waals surface area contributed by atoms with Crippen LogP contribution in [-0.2, 0) is 0 Å². The minimum absolute atomic E-state index is 0.00519. The Kier molecular flexibility index (Phi) is 4.50. The SMILES string of the molecule is CC.Cc1cc2cc[nH]c(=O)c2cc1C(C)C. The van der Waals surface area contributed by atoms with Crippen LogP contribution in [0.1, 0.15) is 44.7 Å². The number of nitrogens with one attached hydrogen (secondary N) is 1. The van der Waals surface area contributed by atoms with E-state index in [1.165, 1.54) is 11.1 Å². The van der Waals surface area contributed by atoms with E-state index in [2.05, 4.69) is 31.8 Å². The van der Waals surface area contributed by atoms with Crippen LogP contribution in [0.4, 0.5) is 0 Å². The van der Waals surface area contributed by atoms with Gasteiger partial charge in [0.15, 0.2) is 0 Å². The normalized spacial score (nSPS) is 10.2. The summed E-state index contributed by atoms with van der Waals surface area (Å²) in [6.07, 6.45) is 1.69. The fourth-order valence-corrected chi connectivity index (χ4v) is 1.99. The van der Waals surface area contributed by atoms with Gasteiger partial charge in [0, 0.05) is 11.6 Å². The highest BCUT2D eigenvalue weighted by atomic mass is 16.1. The Balaban J connectivity index is 0.000000686. The van der Waals surface area contributed by atoms with Crippen LogP contribution in [0.15, 0.2) is 29.2 Å². The quantitative estimate of drug-likeness (QED) is 0.791. The smallest absolute Gasteiger partial charge is 0.255 e. The highest BCUT2D eigenvalue weighted by Gasteiger charge is 2.06. The number of hydrogen-bond acceptors (Lipinski definition) is 1. The lowest BCUT2D eigenvalue weighted by Crippen LogP contribution is -2.06. The predicted octanol–water partition coefficient (Wildman–Crippen LogP) is 3.99.